The van der Waals surface area contributed by atoms with Crippen LogP contribution >= 0.6 is 0 Å². The molecule has 2 N–H and O–H groups in total. The summed E-state index contributed by atoms with van der Waals surface area (Å²) in [6, 6.07) is 60.1. The summed E-state index contributed by atoms with van der Waals surface area (Å²) in [6.45, 7) is 4.03. The molecule has 0 radical (unpaired) electrons. The average Bonchev–Trinajstić information content (AvgIpc) is 3.81. The van der Waals surface area contributed by atoms with Crippen molar-refractivity contribution in [3.8, 4) is 34.3 Å². The van der Waals surface area contributed by atoms with Gasteiger partial charge in [-0.15, -0.1) is 11.4 Å². The normalized spacial score (nSPS) is 11.8. The number of rotatable bonds is 4. The fourth-order valence-electron chi connectivity index (χ4n) is 6.08. The summed E-state index contributed by atoms with van der Waals surface area (Å²) in [7, 11) is 4.03. The Morgan fingerprint density at radius 1 is 0.450 bits per heavy atom. The summed E-state index contributed by atoms with van der Waals surface area (Å²) in [5.41, 5.74) is 7.84. The maximum Gasteiger partial charge on any atom is 2.00 e. The predicted molar refractivity (Wildman–Crippen MR) is 231 cm³/mol. The van der Waals surface area contributed by atoms with Crippen LogP contribution in [-0.4, -0.2) is 44.2 Å². The Balaban J connectivity index is 0.000000151. The van der Waals surface area contributed by atoms with Gasteiger partial charge in [0, 0.05) is 47.0 Å². The fourth-order valence-corrected chi connectivity index (χ4v) is 6.08. The van der Waals surface area contributed by atoms with Crippen molar-refractivity contribution in [2.24, 2.45) is 0 Å². The number of aromatic hydroxyl groups is 2. The molecule has 0 bridgehead atoms. The van der Waals surface area contributed by atoms with Crippen molar-refractivity contribution in [1.82, 2.24) is 19.9 Å². The molecule has 8 aromatic rings. The minimum atomic E-state index is 0. The smallest absolute Gasteiger partial charge is 0.502 e. The van der Waals surface area contributed by atoms with Gasteiger partial charge in [0.1, 0.15) is 11.6 Å². The molecule has 0 amide bonds. The molecule has 6 heterocycles. The molecule has 2 aliphatic rings. The first-order valence-electron chi connectivity index (χ1n) is 18.4. The molecule has 60 heavy (non-hydrogen) atoms. The third-order valence-corrected chi connectivity index (χ3v) is 8.84. The minimum Gasteiger partial charge on any atom is -0.502 e. The van der Waals surface area contributed by atoms with E-state index in [9.17, 15) is 0 Å². The first-order valence-corrected chi connectivity index (χ1v) is 18.4. The Bertz CT molecular complexity index is 2330. The van der Waals surface area contributed by atoms with Gasteiger partial charge >= 0.3 is 42.1 Å². The number of para-hydroxylation sites is 2. The molecular weight excluding hydrogens is 1110 g/mol. The summed E-state index contributed by atoms with van der Waals surface area (Å²) < 4.78 is 0. The molecule has 10 rings (SSSR count). The Kier molecular flexibility index (Phi) is 16.5. The van der Waals surface area contributed by atoms with Crippen molar-refractivity contribution < 1.29 is 52.3 Å². The van der Waals surface area contributed by atoms with E-state index in [1.807, 2.05) is 183 Å². The van der Waals surface area contributed by atoms with Crippen LogP contribution in [0, 0.1) is 25.5 Å². The zero-order chi connectivity index (χ0) is 40.1. The van der Waals surface area contributed by atoms with Crippen LogP contribution in [0.2, 0.25) is 0 Å². The van der Waals surface area contributed by atoms with Gasteiger partial charge in [-0.25, -0.2) is 19.9 Å². The first-order chi connectivity index (χ1) is 28.4. The van der Waals surface area contributed by atoms with Gasteiger partial charge in [-0.1, -0.05) is 72.8 Å². The van der Waals surface area contributed by atoms with Crippen molar-refractivity contribution in [2.45, 2.75) is 0 Å². The van der Waals surface area contributed by atoms with Gasteiger partial charge in [-0.3, -0.25) is 0 Å². The zero-order valence-electron chi connectivity index (χ0n) is 32.6. The molecule has 0 saturated heterocycles. The number of nitrogens with zero attached hydrogens (tertiary/aromatic N) is 8. The Morgan fingerprint density at radius 2 is 0.850 bits per heavy atom. The molecule has 0 atom stereocenters. The van der Waals surface area contributed by atoms with Crippen LogP contribution in [0.1, 0.15) is 0 Å². The van der Waals surface area contributed by atoms with E-state index in [1.54, 1.807) is 24.3 Å². The summed E-state index contributed by atoms with van der Waals surface area (Å²) in [6.07, 6.45) is 3.61. The average molecular weight is 1150 g/mol. The second kappa shape index (κ2) is 22.1. The Hall–Kier alpha value is -6.34. The topological polar surface area (TPSA) is 105 Å². The van der Waals surface area contributed by atoms with Gasteiger partial charge < -0.3 is 29.8 Å². The van der Waals surface area contributed by atoms with Crippen LogP contribution < -0.4 is 19.6 Å². The number of hydrogen-bond donors (Lipinski definition) is 2. The number of fused-ring (bicyclic) bond motifs is 2. The molecule has 4 aromatic carbocycles. The summed E-state index contributed by atoms with van der Waals surface area (Å²) >= 11 is 0. The first kappa shape index (κ1) is 44.8. The molecule has 2 aliphatic heterocycles. The van der Waals surface area contributed by atoms with E-state index in [-0.39, 0.29) is 53.9 Å². The maximum atomic E-state index is 9.16. The maximum absolute atomic E-state index is 9.16. The Morgan fingerprint density at radius 3 is 1.22 bits per heavy atom. The third-order valence-electron chi connectivity index (χ3n) is 8.84. The monoisotopic (exact) mass is 1150 g/mol. The van der Waals surface area contributed by atoms with Gasteiger partial charge in [-0.2, -0.15) is 74.0 Å². The number of benzene rings is 4. The van der Waals surface area contributed by atoms with Gasteiger partial charge in [0.2, 0.25) is 11.8 Å². The van der Waals surface area contributed by atoms with E-state index in [0.29, 0.717) is 0 Å². The van der Waals surface area contributed by atoms with Crippen molar-refractivity contribution in [3.05, 3.63) is 208 Å². The van der Waals surface area contributed by atoms with Crippen LogP contribution in [0.15, 0.2) is 182 Å². The van der Waals surface area contributed by atoms with E-state index in [0.717, 1.165) is 56.9 Å². The predicted octanol–water partition coefficient (Wildman–Crippen LogP) is 10.1. The number of hydrogen-bond acceptors (Lipinski definition) is 10. The largest absolute Gasteiger partial charge is 2.00 e. The molecule has 4 aromatic heterocycles. The van der Waals surface area contributed by atoms with Crippen molar-refractivity contribution in [2.75, 3.05) is 33.7 Å². The van der Waals surface area contributed by atoms with Gasteiger partial charge in [0.25, 0.3) is 0 Å². The second-order valence-electron chi connectivity index (χ2n) is 12.9. The molecule has 0 spiro atoms. The number of aromatic nitrogens is 4. The molecular formula is C48H40N8O2Pt2. The zero-order valence-corrected chi connectivity index (χ0v) is 37.1. The van der Waals surface area contributed by atoms with Crippen LogP contribution in [0.4, 0.5) is 34.4 Å². The van der Waals surface area contributed by atoms with Gasteiger partial charge in [0.15, 0.2) is 0 Å². The quantitative estimate of drug-likeness (QED) is 0.166. The molecule has 304 valence electrons. The third kappa shape index (κ3) is 11.4. The second-order valence-corrected chi connectivity index (χ2v) is 12.9. The van der Waals surface area contributed by atoms with Crippen LogP contribution in [0.5, 0.6) is 11.8 Å². The molecule has 0 fully saturated rings. The van der Waals surface area contributed by atoms with Crippen molar-refractivity contribution >= 4 is 34.4 Å². The summed E-state index contributed by atoms with van der Waals surface area (Å²) in [4.78, 5) is 25.0. The van der Waals surface area contributed by atoms with E-state index >= 15 is 0 Å². The van der Waals surface area contributed by atoms with Crippen LogP contribution in [0.3, 0.4) is 0 Å². The molecule has 0 aliphatic carbocycles. The van der Waals surface area contributed by atoms with Crippen LogP contribution in [0.25, 0.3) is 22.5 Å². The molecule has 0 saturated carbocycles. The van der Waals surface area contributed by atoms with E-state index in [4.69, 9.17) is 10.2 Å². The van der Waals surface area contributed by atoms with E-state index in [2.05, 4.69) is 54.0 Å². The van der Waals surface area contributed by atoms with Crippen LogP contribution in [-0.2, 0) is 42.1 Å². The SMILES string of the molecule is CN1[CH-]N(c2[c-]cccc2)c2ncccc21.CN1[CH-]N(c2[c-]cccc2)c2ncccc21.Oc1cccc(-c2ccccc2)n1.Oc1cccc(-c2ccccc2)n1.[Pt+2].[Pt+2]. The van der Waals surface area contributed by atoms with E-state index < -0.39 is 0 Å². The standard InChI is InChI=1S/2C13H11N3.2C11H9NO.2Pt/c2*1-15-10-16(11-6-3-2-4-7-11)13-12(15)8-5-9-14-13;2*13-11-8-4-7-10(12-11)9-5-2-1-3-6-9;;/h2*2-6,8-10H,1H3;2*1-8H,(H,12,13);;/q2*-2;;;2*+2. The van der Waals surface area contributed by atoms with Gasteiger partial charge in [0.05, 0.1) is 11.4 Å². The van der Waals surface area contributed by atoms with Crippen molar-refractivity contribution in [1.29, 1.82) is 0 Å². The number of anilines is 6. The summed E-state index contributed by atoms with van der Waals surface area (Å²) in [5.74, 6) is 2.02. The summed E-state index contributed by atoms with van der Waals surface area (Å²) in [5, 5.41) is 18.3. The fraction of sp³-hybridized carbons (Fsp3) is 0.0417. The molecule has 10 nitrogen and oxygen atoms in total. The number of pyridine rings is 4. The Labute approximate surface area is 380 Å². The molecule has 12 heteroatoms. The molecule has 0 unspecified atom stereocenters. The van der Waals surface area contributed by atoms with Crippen molar-refractivity contribution in [3.63, 3.8) is 0 Å². The minimum absolute atomic E-state index is 0. The van der Waals surface area contributed by atoms with Gasteiger partial charge in [-0.05, 0) is 50.5 Å². The van der Waals surface area contributed by atoms with E-state index in [1.165, 1.54) is 0 Å².